The van der Waals surface area contributed by atoms with Crippen LogP contribution < -0.4 is 0 Å². The van der Waals surface area contributed by atoms with Crippen molar-refractivity contribution in [3.05, 3.63) is 203 Å². The normalized spacial score (nSPS) is 16.2. The van der Waals surface area contributed by atoms with E-state index in [-0.39, 0.29) is 16.8 Å². The van der Waals surface area contributed by atoms with Gasteiger partial charge < -0.3 is 4.98 Å². The van der Waals surface area contributed by atoms with E-state index in [0.717, 1.165) is 90.5 Å². The molecule has 0 amide bonds. The van der Waals surface area contributed by atoms with Gasteiger partial charge in [-0.15, -0.1) is 17.7 Å². The van der Waals surface area contributed by atoms with Crippen molar-refractivity contribution in [2.24, 2.45) is 15.0 Å². The zero-order valence-corrected chi connectivity index (χ0v) is 26.8. The fourth-order valence-corrected chi connectivity index (χ4v) is 6.34. The molecule has 0 saturated heterocycles. The van der Waals surface area contributed by atoms with Crippen LogP contribution in [0.5, 0.6) is 0 Å². The predicted molar refractivity (Wildman–Crippen MR) is 188 cm³/mol. The summed E-state index contributed by atoms with van der Waals surface area (Å²) in [5.74, 6) is 0.908. The van der Waals surface area contributed by atoms with Crippen molar-refractivity contribution in [1.29, 1.82) is 0 Å². The Hall–Kier alpha value is -6.29. The second-order valence-electron chi connectivity index (χ2n) is 11.3. The zero-order valence-electron chi connectivity index (χ0n) is 25.8. The van der Waals surface area contributed by atoms with Gasteiger partial charge in [-0.1, -0.05) is 47.6 Å². The van der Waals surface area contributed by atoms with Gasteiger partial charge in [-0.2, -0.15) is 0 Å². The monoisotopic (exact) mass is 675 g/mol. The van der Waals surface area contributed by atoms with Crippen molar-refractivity contribution >= 4 is 33.9 Å². The SMILES string of the molecule is C1=CC2=C(c3ccncc3)c3c[cH-]c(n3)C(c3ccncc3)=C3C=CC(=N3)[C-](c3ccncc3)C3=NC(=C(c4ccncc4)C1=N2)C=C3.[Co+2]. The third kappa shape index (κ3) is 5.46. The van der Waals surface area contributed by atoms with E-state index in [0.29, 0.717) is 0 Å². The van der Waals surface area contributed by atoms with Crippen molar-refractivity contribution in [2.45, 2.75) is 0 Å². The van der Waals surface area contributed by atoms with Gasteiger partial charge in [0.2, 0.25) is 0 Å². The zero-order chi connectivity index (χ0) is 31.9. The first-order valence-electron chi connectivity index (χ1n) is 15.5. The molecule has 5 aromatic heterocycles. The summed E-state index contributed by atoms with van der Waals surface area (Å²) >= 11 is 0. The molecular weight excluding hydrogens is 651 g/mol. The van der Waals surface area contributed by atoms with Crippen LogP contribution >= 0.6 is 0 Å². The summed E-state index contributed by atoms with van der Waals surface area (Å²) in [7, 11) is 0. The first kappa shape index (κ1) is 30.1. The van der Waals surface area contributed by atoms with Crippen LogP contribution in [-0.4, -0.2) is 42.1 Å². The summed E-state index contributed by atoms with van der Waals surface area (Å²) < 4.78 is 0. The van der Waals surface area contributed by atoms with Crippen molar-refractivity contribution < 1.29 is 16.8 Å². The molecule has 9 heteroatoms. The molecule has 8 bridgehead atoms. The van der Waals surface area contributed by atoms with Crippen LogP contribution in [0.1, 0.15) is 33.6 Å². The summed E-state index contributed by atoms with van der Waals surface area (Å²) in [6.07, 6.45) is 26.6. The summed E-state index contributed by atoms with van der Waals surface area (Å²) in [6.45, 7) is 0. The van der Waals surface area contributed by atoms with Gasteiger partial charge in [0.25, 0.3) is 0 Å². The molecule has 0 atom stereocenters. The van der Waals surface area contributed by atoms with E-state index in [4.69, 9.17) is 20.0 Å². The van der Waals surface area contributed by atoms with E-state index in [1.807, 2.05) is 48.5 Å². The predicted octanol–water partition coefficient (Wildman–Crippen LogP) is 6.98. The van der Waals surface area contributed by atoms with Gasteiger partial charge in [0, 0.05) is 59.9 Å². The number of hydrogen-bond donors (Lipinski definition) is 0. The number of nitrogens with zero attached hydrogens (tertiary/aromatic N) is 8. The Labute approximate surface area is 292 Å². The molecule has 0 N–H and O–H groups in total. The van der Waals surface area contributed by atoms with Gasteiger partial charge in [-0.05, 0) is 94.9 Å². The Morgan fingerprint density at radius 3 is 1.53 bits per heavy atom. The molecule has 0 fully saturated rings. The van der Waals surface area contributed by atoms with Gasteiger partial charge in [0.1, 0.15) is 0 Å². The fraction of sp³-hybridized carbons (Fsp3) is 0. The molecule has 9 rings (SSSR count). The van der Waals surface area contributed by atoms with E-state index in [9.17, 15) is 0 Å². The van der Waals surface area contributed by atoms with E-state index in [1.165, 1.54) is 0 Å². The molecule has 5 aromatic rings. The quantitative estimate of drug-likeness (QED) is 0.192. The second-order valence-corrected chi connectivity index (χ2v) is 11.3. The molecule has 0 saturated carbocycles. The van der Waals surface area contributed by atoms with Crippen molar-refractivity contribution in [2.75, 3.05) is 0 Å². The van der Waals surface area contributed by atoms with Crippen LogP contribution in [0.4, 0.5) is 0 Å². The van der Waals surface area contributed by atoms with Gasteiger partial charge in [-0.25, -0.2) is 4.99 Å². The Balaban J connectivity index is 0.00000348. The number of aliphatic imine (C=N–C) groups is 3. The van der Waals surface area contributed by atoms with E-state index >= 15 is 0 Å². The summed E-state index contributed by atoms with van der Waals surface area (Å²) in [4.78, 5) is 38.1. The molecule has 0 aliphatic carbocycles. The minimum absolute atomic E-state index is 0. The Morgan fingerprint density at radius 1 is 0.469 bits per heavy atom. The molecule has 8 nitrogen and oxygen atoms in total. The summed E-state index contributed by atoms with van der Waals surface area (Å²) in [6, 6.07) is 20.0. The molecular formula is C40H24CoN8. The number of fused-ring (bicyclic) bond motifs is 5. The number of aromatic nitrogens is 5. The average molecular weight is 676 g/mol. The Bertz CT molecular complexity index is 2360. The summed E-state index contributed by atoms with van der Waals surface area (Å²) in [5, 5.41) is 0. The minimum Gasteiger partial charge on any atom is -0.337 e. The summed E-state index contributed by atoms with van der Waals surface area (Å²) in [5.41, 5.74) is 13.0. The van der Waals surface area contributed by atoms with Gasteiger partial charge >= 0.3 is 16.8 Å². The minimum atomic E-state index is 0. The number of hydrogen-bond acceptors (Lipinski definition) is 8. The molecule has 0 unspecified atom stereocenters. The third-order valence-corrected chi connectivity index (χ3v) is 8.49. The largest absolute Gasteiger partial charge is 2.00 e. The topological polar surface area (TPSA) is 102 Å². The maximum atomic E-state index is 5.25. The van der Waals surface area contributed by atoms with Gasteiger partial charge in [0.15, 0.2) is 0 Å². The van der Waals surface area contributed by atoms with E-state index in [1.54, 1.807) is 49.6 Å². The molecule has 4 aliphatic heterocycles. The first-order chi connectivity index (χ1) is 23.8. The maximum Gasteiger partial charge on any atom is 2.00 e. The maximum absolute atomic E-state index is 5.25. The molecule has 233 valence electrons. The van der Waals surface area contributed by atoms with Crippen LogP contribution in [0, 0.1) is 5.92 Å². The Morgan fingerprint density at radius 2 is 0.939 bits per heavy atom. The number of pyridine rings is 4. The van der Waals surface area contributed by atoms with Crippen LogP contribution in [0.2, 0.25) is 0 Å². The Kier molecular flexibility index (Phi) is 7.81. The van der Waals surface area contributed by atoms with Gasteiger partial charge in [-0.3, -0.25) is 29.9 Å². The smallest absolute Gasteiger partial charge is 0.337 e. The number of rotatable bonds is 4. The molecule has 4 aliphatic rings. The van der Waals surface area contributed by atoms with E-state index in [2.05, 4.69) is 68.5 Å². The third-order valence-electron chi connectivity index (χ3n) is 8.49. The second kappa shape index (κ2) is 12.7. The molecule has 0 spiro atoms. The molecule has 0 aromatic carbocycles. The van der Waals surface area contributed by atoms with Crippen LogP contribution in [-0.2, 0) is 16.8 Å². The number of allylic oxidation sites excluding steroid dienone is 7. The molecule has 49 heavy (non-hydrogen) atoms. The van der Waals surface area contributed by atoms with Crippen LogP contribution in [0.3, 0.4) is 0 Å². The van der Waals surface area contributed by atoms with Crippen molar-refractivity contribution in [3.8, 4) is 0 Å². The fourth-order valence-electron chi connectivity index (χ4n) is 6.34. The van der Waals surface area contributed by atoms with Gasteiger partial charge in [0.05, 0.1) is 17.1 Å². The first-order valence-corrected chi connectivity index (χ1v) is 15.5. The molecule has 1 radical (unpaired) electrons. The van der Waals surface area contributed by atoms with Crippen molar-refractivity contribution in [3.63, 3.8) is 0 Å². The van der Waals surface area contributed by atoms with Crippen LogP contribution in [0.25, 0.3) is 16.7 Å². The molecule has 9 heterocycles. The van der Waals surface area contributed by atoms with E-state index < -0.39 is 0 Å². The van der Waals surface area contributed by atoms with Crippen molar-refractivity contribution in [1.82, 2.24) is 24.9 Å². The standard InChI is InChI=1S/C40H24N8.Co/c1-2-30-38(26-11-19-42-20-12-26)32-5-6-34(47-32)40(28-15-23-44-24-16-28)36-8-7-35(48-36)39(27-13-21-43-22-14-27)33-4-3-31(46-33)37(29(1)45-30)25-9-17-41-18-10-25;/h1-24H;/q-2;+2. The average Bonchev–Trinajstić information content (AvgIpc) is 3.98. The van der Waals surface area contributed by atoms with Crippen LogP contribution in [0.15, 0.2) is 179 Å².